The van der Waals surface area contributed by atoms with Gasteiger partial charge in [-0.05, 0) is 49.2 Å². The topological polar surface area (TPSA) is 83.1 Å². The van der Waals surface area contributed by atoms with Crippen molar-refractivity contribution in [3.63, 3.8) is 0 Å². The van der Waals surface area contributed by atoms with E-state index in [0.717, 1.165) is 11.1 Å². The van der Waals surface area contributed by atoms with Crippen LogP contribution in [0.5, 0.6) is 17.2 Å². The highest BCUT2D eigenvalue weighted by molar-refractivity contribution is 5.80. The number of aryl methyl sites for hydroxylation is 2. The van der Waals surface area contributed by atoms with Crippen LogP contribution >= 0.6 is 0 Å². The van der Waals surface area contributed by atoms with Gasteiger partial charge in [-0.15, -0.1) is 0 Å². The van der Waals surface area contributed by atoms with E-state index in [1.807, 2.05) is 44.2 Å². The van der Waals surface area contributed by atoms with E-state index in [4.69, 9.17) is 18.9 Å². The predicted molar refractivity (Wildman–Crippen MR) is 102 cm³/mol. The van der Waals surface area contributed by atoms with Crippen molar-refractivity contribution in [1.82, 2.24) is 5.32 Å². The van der Waals surface area contributed by atoms with E-state index in [1.54, 1.807) is 12.1 Å². The minimum absolute atomic E-state index is 0.254. The molecule has 7 heteroatoms. The number of hydrogen-bond acceptors (Lipinski definition) is 6. The normalized spacial score (nSPS) is 14.9. The third-order valence-corrected chi connectivity index (χ3v) is 4.29. The molecule has 0 aromatic heterocycles. The number of rotatable bonds is 7. The summed E-state index contributed by atoms with van der Waals surface area (Å²) in [4.78, 5) is 23.6. The van der Waals surface area contributed by atoms with E-state index in [2.05, 4.69) is 5.32 Å². The van der Waals surface area contributed by atoms with Crippen molar-refractivity contribution in [2.24, 2.45) is 0 Å². The van der Waals surface area contributed by atoms with Crippen LogP contribution in [0.2, 0.25) is 0 Å². The van der Waals surface area contributed by atoms with Crippen molar-refractivity contribution in [2.75, 3.05) is 26.4 Å². The first-order valence-electron chi connectivity index (χ1n) is 9.02. The van der Waals surface area contributed by atoms with Crippen LogP contribution in [0.3, 0.4) is 0 Å². The second kappa shape index (κ2) is 9.12. The molecule has 2 aromatic rings. The van der Waals surface area contributed by atoms with Crippen molar-refractivity contribution in [2.45, 2.75) is 20.0 Å². The highest BCUT2D eigenvalue weighted by Crippen LogP contribution is 2.30. The maximum atomic E-state index is 11.9. The molecule has 0 unspecified atom stereocenters. The number of esters is 1. The molecule has 0 radical (unpaired) electrons. The Balaban J connectivity index is 1.34. The number of para-hydroxylation sites is 2. The molecule has 0 spiro atoms. The lowest BCUT2D eigenvalue weighted by molar-refractivity contribution is -0.150. The largest absolute Gasteiger partial charge is 0.486 e. The average molecular weight is 385 g/mol. The molecular formula is C21H23NO6. The Bertz CT molecular complexity index is 851. The summed E-state index contributed by atoms with van der Waals surface area (Å²) in [6, 6.07) is 12.9. The summed E-state index contributed by atoms with van der Waals surface area (Å²) in [6.45, 7) is 3.91. The van der Waals surface area contributed by atoms with Gasteiger partial charge in [-0.25, -0.2) is 4.79 Å². The summed E-state index contributed by atoms with van der Waals surface area (Å²) in [5.74, 6) is 0.881. The molecular weight excluding hydrogens is 362 g/mol. The Hall–Kier alpha value is -3.22. The van der Waals surface area contributed by atoms with E-state index in [-0.39, 0.29) is 25.9 Å². The molecule has 7 nitrogen and oxygen atoms in total. The number of carbonyl (C=O) groups excluding carboxylic acids is 2. The minimum Gasteiger partial charge on any atom is -0.486 e. The van der Waals surface area contributed by atoms with Crippen LogP contribution in [-0.4, -0.2) is 44.3 Å². The van der Waals surface area contributed by atoms with Crippen LogP contribution in [0.1, 0.15) is 11.1 Å². The quantitative estimate of drug-likeness (QED) is 0.736. The number of carbonyl (C=O) groups is 2. The Labute approximate surface area is 163 Å². The van der Waals surface area contributed by atoms with Gasteiger partial charge in [0.05, 0.1) is 6.54 Å². The lowest BCUT2D eigenvalue weighted by Crippen LogP contribution is -2.42. The standard InChI is InChI=1S/C21H23NO6/c1-14-7-8-16(9-15(14)2)25-13-21(24)27-12-20(23)22-10-17-11-26-18-5-3-4-6-19(18)28-17/h3-9,17H,10-13H2,1-2H3,(H,22,23)/t17-/m1/s1. The molecule has 0 bridgehead atoms. The number of ether oxygens (including phenoxy) is 4. The van der Waals surface area contributed by atoms with Crippen molar-refractivity contribution in [1.29, 1.82) is 0 Å². The molecule has 1 atom stereocenters. The Kier molecular flexibility index (Phi) is 6.37. The van der Waals surface area contributed by atoms with Crippen molar-refractivity contribution in [3.8, 4) is 17.2 Å². The smallest absolute Gasteiger partial charge is 0.344 e. The van der Waals surface area contributed by atoms with Crippen LogP contribution in [0, 0.1) is 13.8 Å². The number of amides is 1. The number of fused-ring (bicyclic) bond motifs is 1. The van der Waals surface area contributed by atoms with Gasteiger partial charge in [0, 0.05) is 0 Å². The van der Waals surface area contributed by atoms with Gasteiger partial charge in [0.1, 0.15) is 18.5 Å². The van der Waals surface area contributed by atoms with E-state index in [0.29, 0.717) is 23.9 Å². The second-order valence-corrected chi connectivity index (χ2v) is 6.50. The van der Waals surface area contributed by atoms with Crippen molar-refractivity contribution in [3.05, 3.63) is 53.6 Å². The first kappa shape index (κ1) is 19.5. The summed E-state index contributed by atoms with van der Waals surface area (Å²) < 4.78 is 21.6. The fourth-order valence-corrected chi connectivity index (χ4v) is 2.58. The zero-order valence-corrected chi connectivity index (χ0v) is 15.9. The Morgan fingerprint density at radius 2 is 1.86 bits per heavy atom. The predicted octanol–water partition coefficient (Wildman–Crippen LogP) is 2.18. The maximum absolute atomic E-state index is 11.9. The van der Waals surface area contributed by atoms with E-state index >= 15 is 0 Å². The summed E-state index contributed by atoms with van der Waals surface area (Å²) in [7, 11) is 0. The van der Waals surface area contributed by atoms with Crippen LogP contribution in [0.15, 0.2) is 42.5 Å². The molecule has 0 aliphatic carbocycles. The SMILES string of the molecule is Cc1ccc(OCC(=O)OCC(=O)NC[C@@H]2COc3ccccc3O2)cc1C. The molecule has 0 saturated carbocycles. The molecule has 1 amide bonds. The van der Waals surface area contributed by atoms with Crippen molar-refractivity contribution < 1.29 is 28.5 Å². The highest BCUT2D eigenvalue weighted by atomic mass is 16.6. The summed E-state index contributed by atoms with van der Waals surface area (Å²) >= 11 is 0. The van der Waals surface area contributed by atoms with Crippen LogP contribution in [-0.2, 0) is 14.3 Å². The summed E-state index contributed by atoms with van der Waals surface area (Å²) in [5.41, 5.74) is 2.21. The first-order chi connectivity index (χ1) is 13.5. The zero-order chi connectivity index (χ0) is 19.9. The first-order valence-corrected chi connectivity index (χ1v) is 9.02. The van der Waals surface area contributed by atoms with Crippen LogP contribution in [0.4, 0.5) is 0 Å². The molecule has 1 aliphatic rings. The molecule has 1 heterocycles. The third-order valence-electron chi connectivity index (χ3n) is 4.29. The Morgan fingerprint density at radius 3 is 2.64 bits per heavy atom. The summed E-state index contributed by atoms with van der Waals surface area (Å²) in [5, 5.41) is 2.66. The highest BCUT2D eigenvalue weighted by Gasteiger charge is 2.21. The molecule has 0 saturated heterocycles. The molecule has 1 aliphatic heterocycles. The molecule has 3 rings (SSSR count). The molecule has 148 valence electrons. The number of hydrogen-bond donors (Lipinski definition) is 1. The van der Waals surface area contributed by atoms with Gasteiger partial charge in [0.2, 0.25) is 0 Å². The fraction of sp³-hybridized carbons (Fsp3) is 0.333. The van der Waals surface area contributed by atoms with Gasteiger partial charge in [-0.2, -0.15) is 0 Å². The Morgan fingerprint density at radius 1 is 1.07 bits per heavy atom. The number of nitrogens with one attached hydrogen (secondary N) is 1. The minimum atomic E-state index is -0.612. The van der Waals surface area contributed by atoms with Crippen LogP contribution in [0.25, 0.3) is 0 Å². The molecule has 2 aromatic carbocycles. The lowest BCUT2D eigenvalue weighted by Gasteiger charge is -2.26. The van der Waals surface area contributed by atoms with Gasteiger partial charge < -0.3 is 24.3 Å². The lowest BCUT2D eigenvalue weighted by atomic mass is 10.1. The van der Waals surface area contributed by atoms with Crippen molar-refractivity contribution >= 4 is 11.9 Å². The average Bonchev–Trinajstić information content (AvgIpc) is 2.71. The zero-order valence-electron chi connectivity index (χ0n) is 15.9. The van der Waals surface area contributed by atoms with Crippen LogP contribution < -0.4 is 19.5 Å². The van der Waals surface area contributed by atoms with E-state index < -0.39 is 11.9 Å². The van der Waals surface area contributed by atoms with Gasteiger partial charge >= 0.3 is 5.97 Å². The van der Waals surface area contributed by atoms with Gasteiger partial charge in [-0.1, -0.05) is 18.2 Å². The number of benzene rings is 2. The molecule has 0 fully saturated rings. The molecule has 1 N–H and O–H groups in total. The fourth-order valence-electron chi connectivity index (χ4n) is 2.58. The van der Waals surface area contributed by atoms with Gasteiger partial charge in [0.25, 0.3) is 5.91 Å². The second-order valence-electron chi connectivity index (χ2n) is 6.50. The third kappa shape index (κ3) is 5.39. The summed E-state index contributed by atoms with van der Waals surface area (Å²) in [6.07, 6.45) is -0.303. The van der Waals surface area contributed by atoms with Gasteiger partial charge in [-0.3, -0.25) is 4.79 Å². The van der Waals surface area contributed by atoms with E-state index in [9.17, 15) is 9.59 Å². The monoisotopic (exact) mass is 385 g/mol. The van der Waals surface area contributed by atoms with Gasteiger partial charge in [0.15, 0.2) is 24.7 Å². The molecule has 28 heavy (non-hydrogen) atoms. The van der Waals surface area contributed by atoms with E-state index in [1.165, 1.54) is 0 Å². The maximum Gasteiger partial charge on any atom is 0.344 e.